The normalized spacial score (nSPS) is 17.1. The maximum absolute atomic E-state index is 6.07. The van der Waals surface area contributed by atoms with E-state index in [2.05, 4.69) is 45.0 Å². The first-order chi connectivity index (χ1) is 14.2. The zero-order valence-corrected chi connectivity index (χ0v) is 16.5. The second kappa shape index (κ2) is 7.75. The molecule has 0 saturated heterocycles. The third kappa shape index (κ3) is 3.91. The van der Waals surface area contributed by atoms with Crippen LogP contribution >= 0.6 is 0 Å². The van der Waals surface area contributed by atoms with Gasteiger partial charge in [-0.15, -0.1) is 0 Å². The topological polar surface area (TPSA) is 73.2 Å². The number of anilines is 1. The standard InChI is InChI=1S/C22H25N5O2/c1-27-14-18(11-26-27)17-9-20-22(25-10-17)29-19(13-24-20)12-23-6-4-15-2-3-21-16(8-15)5-7-28-21/h2-3,8-11,14,19,23-24H,4-7,12-13H2,1H3. The summed E-state index contributed by atoms with van der Waals surface area (Å²) in [5.74, 6) is 1.70. The molecule has 0 radical (unpaired) electrons. The first kappa shape index (κ1) is 18.0. The van der Waals surface area contributed by atoms with Crippen molar-refractivity contribution >= 4 is 5.69 Å². The third-order valence-electron chi connectivity index (χ3n) is 5.40. The number of benzene rings is 1. The predicted molar refractivity (Wildman–Crippen MR) is 112 cm³/mol. The molecule has 1 aromatic carbocycles. The van der Waals surface area contributed by atoms with Gasteiger partial charge in [0.1, 0.15) is 11.9 Å². The summed E-state index contributed by atoms with van der Waals surface area (Å²) in [6.45, 7) is 3.27. The van der Waals surface area contributed by atoms with Crippen LogP contribution in [0.25, 0.3) is 11.1 Å². The number of rotatable bonds is 6. The van der Waals surface area contributed by atoms with Gasteiger partial charge in [-0.05, 0) is 36.2 Å². The summed E-state index contributed by atoms with van der Waals surface area (Å²) in [5.41, 5.74) is 5.69. The third-order valence-corrected chi connectivity index (χ3v) is 5.40. The van der Waals surface area contributed by atoms with Crippen molar-refractivity contribution in [2.45, 2.75) is 18.9 Å². The quantitative estimate of drug-likeness (QED) is 0.629. The van der Waals surface area contributed by atoms with Crippen LogP contribution in [0.15, 0.2) is 42.9 Å². The highest BCUT2D eigenvalue weighted by molar-refractivity contribution is 5.69. The Labute approximate surface area is 170 Å². The molecule has 3 aromatic rings. The van der Waals surface area contributed by atoms with Gasteiger partial charge in [-0.1, -0.05) is 12.1 Å². The number of nitrogens with one attached hydrogen (secondary N) is 2. The van der Waals surface area contributed by atoms with Gasteiger partial charge in [0.2, 0.25) is 5.88 Å². The predicted octanol–water partition coefficient (Wildman–Crippen LogP) is 2.42. The fourth-order valence-corrected chi connectivity index (χ4v) is 3.83. The van der Waals surface area contributed by atoms with Gasteiger partial charge in [-0.2, -0.15) is 5.10 Å². The molecule has 0 saturated carbocycles. The fourth-order valence-electron chi connectivity index (χ4n) is 3.83. The Kier molecular flexibility index (Phi) is 4.81. The highest BCUT2D eigenvalue weighted by Gasteiger charge is 2.21. The van der Waals surface area contributed by atoms with Gasteiger partial charge in [0.25, 0.3) is 0 Å². The highest BCUT2D eigenvalue weighted by Crippen LogP contribution is 2.31. The van der Waals surface area contributed by atoms with Gasteiger partial charge >= 0.3 is 0 Å². The SMILES string of the molecule is Cn1cc(-c2cnc3c(c2)NCC(CNCCc2ccc4c(c2)CCO4)O3)cn1. The van der Waals surface area contributed by atoms with Crippen molar-refractivity contribution in [2.75, 3.05) is 31.6 Å². The molecule has 0 aliphatic carbocycles. The second-order valence-electron chi connectivity index (χ2n) is 7.59. The van der Waals surface area contributed by atoms with Gasteiger partial charge < -0.3 is 20.1 Å². The smallest absolute Gasteiger partial charge is 0.237 e. The Hall–Kier alpha value is -3.06. The number of hydrogen-bond donors (Lipinski definition) is 2. The minimum absolute atomic E-state index is 0.0627. The van der Waals surface area contributed by atoms with Gasteiger partial charge in [0, 0.05) is 43.5 Å². The summed E-state index contributed by atoms with van der Waals surface area (Å²) in [4.78, 5) is 4.50. The van der Waals surface area contributed by atoms with E-state index in [1.54, 1.807) is 4.68 Å². The number of nitrogens with zero attached hydrogens (tertiary/aromatic N) is 3. The van der Waals surface area contributed by atoms with Crippen molar-refractivity contribution in [2.24, 2.45) is 7.05 Å². The highest BCUT2D eigenvalue weighted by atomic mass is 16.5. The van der Waals surface area contributed by atoms with Crippen LogP contribution < -0.4 is 20.1 Å². The summed E-state index contributed by atoms with van der Waals surface area (Å²) in [6.07, 6.45) is 7.74. The summed E-state index contributed by atoms with van der Waals surface area (Å²) >= 11 is 0. The van der Waals surface area contributed by atoms with E-state index in [1.807, 2.05) is 25.6 Å². The number of pyridine rings is 1. The van der Waals surface area contributed by atoms with E-state index in [0.29, 0.717) is 5.88 Å². The van der Waals surface area contributed by atoms with Crippen LogP contribution in [0.4, 0.5) is 5.69 Å². The van der Waals surface area contributed by atoms with Gasteiger partial charge in [-0.3, -0.25) is 4.68 Å². The van der Waals surface area contributed by atoms with Gasteiger partial charge in [0.05, 0.1) is 25.0 Å². The van der Waals surface area contributed by atoms with Crippen molar-refractivity contribution in [1.82, 2.24) is 20.1 Å². The lowest BCUT2D eigenvalue weighted by Crippen LogP contribution is -2.40. The number of fused-ring (bicyclic) bond motifs is 2. The van der Waals surface area contributed by atoms with E-state index in [-0.39, 0.29) is 6.10 Å². The largest absolute Gasteiger partial charge is 0.493 e. The number of aryl methyl sites for hydroxylation is 1. The first-order valence-corrected chi connectivity index (χ1v) is 10.1. The molecule has 0 amide bonds. The molecule has 5 rings (SSSR count). The van der Waals surface area contributed by atoms with Crippen LogP contribution in [0.3, 0.4) is 0 Å². The summed E-state index contributed by atoms with van der Waals surface area (Å²) < 4.78 is 13.4. The molecule has 2 N–H and O–H groups in total. The minimum Gasteiger partial charge on any atom is -0.493 e. The molecule has 2 aromatic heterocycles. The van der Waals surface area contributed by atoms with Crippen molar-refractivity contribution in [1.29, 1.82) is 0 Å². The molecule has 2 aliphatic heterocycles. The average molecular weight is 391 g/mol. The lowest BCUT2D eigenvalue weighted by atomic mass is 10.1. The zero-order chi connectivity index (χ0) is 19.6. The molecule has 0 spiro atoms. The Morgan fingerprint density at radius 3 is 3.10 bits per heavy atom. The van der Waals surface area contributed by atoms with E-state index in [9.17, 15) is 0 Å². The monoisotopic (exact) mass is 391 g/mol. The molecule has 150 valence electrons. The Morgan fingerprint density at radius 1 is 1.24 bits per heavy atom. The van der Waals surface area contributed by atoms with Crippen molar-refractivity contribution in [3.63, 3.8) is 0 Å². The Bertz CT molecular complexity index is 1020. The van der Waals surface area contributed by atoms with E-state index in [4.69, 9.17) is 9.47 Å². The van der Waals surface area contributed by atoms with Crippen molar-refractivity contribution < 1.29 is 9.47 Å². The Morgan fingerprint density at radius 2 is 2.21 bits per heavy atom. The molecule has 2 aliphatic rings. The van der Waals surface area contributed by atoms with E-state index >= 15 is 0 Å². The molecular weight excluding hydrogens is 366 g/mol. The summed E-state index contributed by atoms with van der Waals surface area (Å²) in [7, 11) is 1.91. The molecule has 0 fully saturated rings. The fraction of sp³-hybridized carbons (Fsp3) is 0.364. The molecule has 29 heavy (non-hydrogen) atoms. The number of ether oxygens (including phenoxy) is 2. The lowest BCUT2D eigenvalue weighted by Gasteiger charge is -2.27. The van der Waals surface area contributed by atoms with Crippen LogP contribution in [0.1, 0.15) is 11.1 Å². The van der Waals surface area contributed by atoms with Crippen LogP contribution in [0, 0.1) is 0 Å². The van der Waals surface area contributed by atoms with E-state index in [1.165, 1.54) is 11.1 Å². The first-order valence-electron chi connectivity index (χ1n) is 10.1. The maximum Gasteiger partial charge on any atom is 0.237 e. The van der Waals surface area contributed by atoms with Gasteiger partial charge in [-0.25, -0.2) is 4.98 Å². The summed E-state index contributed by atoms with van der Waals surface area (Å²) in [5, 5.41) is 11.2. The van der Waals surface area contributed by atoms with Crippen LogP contribution in [0.5, 0.6) is 11.6 Å². The molecular formula is C22H25N5O2. The van der Waals surface area contributed by atoms with Crippen LogP contribution in [-0.4, -0.2) is 47.1 Å². The Balaban J connectivity index is 1.12. The van der Waals surface area contributed by atoms with E-state index < -0.39 is 0 Å². The number of hydrogen-bond acceptors (Lipinski definition) is 6. The average Bonchev–Trinajstić information content (AvgIpc) is 3.39. The lowest BCUT2D eigenvalue weighted by molar-refractivity contribution is 0.194. The van der Waals surface area contributed by atoms with E-state index in [0.717, 1.165) is 61.6 Å². The molecule has 1 unspecified atom stereocenters. The van der Waals surface area contributed by atoms with Crippen LogP contribution in [0.2, 0.25) is 0 Å². The van der Waals surface area contributed by atoms with Crippen molar-refractivity contribution in [3.8, 4) is 22.8 Å². The van der Waals surface area contributed by atoms with Crippen molar-refractivity contribution in [3.05, 3.63) is 54.0 Å². The molecule has 7 heteroatoms. The molecule has 4 heterocycles. The number of aromatic nitrogens is 3. The molecule has 1 atom stereocenters. The second-order valence-corrected chi connectivity index (χ2v) is 7.59. The van der Waals surface area contributed by atoms with Crippen LogP contribution in [-0.2, 0) is 19.9 Å². The zero-order valence-electron chi connectivity index (χ0n) is 16.5. The summed E-state index contributed by atoms with van der Waals surface area (Å²) in [6, 6.07) is 8.59. The molecule has 0 bridgehead atoms. The minimum atomic E-state index is 0.0627. The maximum atomic E-state index is 6.07. The van der Waals surface area contributed by atoms with Gasteiger partial charge in [0.15, 0.2) is 0 Å². The molecule has 7 nitrogen and oxygen atoms in total.